The Bertz CT molecular complexity index is 727. The lowest BCUT2D eigenvalue weighted by atomic mass is 10.2. The zero-order valence-electron chi connectivity index (χ0n) is 12.6. The molecule has 0 radical (unpaired) electrons. The van der Waals surface area contributed by atoms with E-state index in [0.717, 1.165) is 4.47 Å². The van der Waals surface area contributed by atoms with Crippen LogP contribution in [0.25, 0.3) is 0 Å². The topological polar surface area (TPSA) is 93.5 Å². The SMILES string of the molecule is CC(C)Oc1cc(Br)ccc1C(=O)Nc1ccn(CC(=O)O)n1. The van der Waals surface area contributed by atoms with Gasteiger partial charge in [-0.15, -0.1) is 0 Å². The normalized spacial score (nSPS) is 10.6. The second-order valence-electron chi connectivity index (χ2n) is 5.05. The van der Waals surface area contributed by atoms with E-state index in [1.165, 1.54) is 16.9 Å². The molecule has 0 fully saturated rings. The maximum atomic E-state index is 12.4. The van der Waals surface area contributed by atoms with Crippen molar-refractivity contribution in [1.29, 1.82) is 0 Å². The molecule has 1 heterocycles. The molecule has 0 aliphatic heterocycles. The summed E-state index contributed by atoms with van der Waals surface area (Å²) in [5, 5.41) is 15.3. The molecule has 2 N–H and O–H groups in total. The number of hydrogen-bond donors (Lipinski definition) is 2. The van der Waals surface area contributed by atoms with E-state index in [1.807, 2.05) is 13.8 Å². The van der Waals surface area contributed by atoms with Gasteiger partial charge in [-0.1, -0.05) is 15.9 Å². The number of halogens is 1. The van der Waals surface area contributed by atoms with Crippen molar-refractivity contribution in [2.24, 2.45) is 0 Å². The third kappa shape index (κ3) is 4.82. The van der Waals surface area contributed by atoms with Gasteiger partial charge in [-0.25, -0.2) is 0 Å². The molecule has 0 spiro atoms. The smallest absolute Gasteiger partial charge is 0.325 e. The van der Waals surface area contributed by atoms with Gasteiger partial charge in [0, 0.05) is 16.7 Å². The summed E-state index contributed by atoms with van der Waals surface area (Å²) in [4.78, 5) is 23.0. The molecule has 0 aliphatic carbocycles. The van der Waals surface area contributed by atoms with Crippen LogP contribution in [0.3, 0.4) is 0 Å². The Kier molecular flexibility index (Phi) is 5.38. The second kappa shape index (κ2) is 7.28. The minimum atomic E-state index is -1.01. The first-order valence-corrected chi connectivity index (χ1v) is 7.67. The number of amides is 1. The standard InChI is InChI=1S/C15H16BrN3O4/c1-9(2)23-12-7-10(16)3-4-11(12)15(22)17-13-5-6-19(18-13)8-14(20)21/h3-7,9H,8H2,1-2H3,(H,20,21)(H,17,18,22). The zero-order valence-corrected chi connectivity index (χ0v) is 14.2. The lowest BCUT2D eigenvalue weighted by Crippen LogP contribution is -2.16. The van der Waals surface area contributed by atoms with Gasteiger partial charge in [-0.2, -0.15) is 5.10 Å². The van der Waals surface area contributed by atoms with Gasteiger partial charge < -0.3 is 15.2 Å². The van der Waals surface area contributed by atoms with Crippen molar-refractivity contribution in [2.75, 3.05) is 5.32 Å². The minimum absolute atomic E-state index is 0.0781. The monoisotopic (exact) mass is 381 g/mol. The van der Waals surface area contributed by atoms with E-state index in [-0.39, 0.29) is 24.4 Å². The molecule has 0 saturated carbocycles. The molecule has 0 atom stereocenters. The average Bonchev–Trinajstić information content (AvgIpc) is 2.84. The number of anilines is 1. The molecule has 7 nitrogen and oxygen atoms in total. The lowest BCUT2D eigenvalue weighted by molar-refractivity contribution is -0.137. The van der Waals surface area contributed by atoms with E-state index in [1.54, 1.807) is 18.2 Å². The van der Waals surface area contributed by atoms with Gasteiger partial charge in [-0.3, -0.25) is 14.3 Å². The molecule has 1 amide bonds. The predicted octanol–water partition coefficient (Wildman–Crippen LogP) is 2.77. The van der Waals surface area contributed by atoms with Gasteiger partial charge in [-0.05, 0) is 32.0 Å². The van der Waals surface area contributed by atoms with Crippen LogP contribution in [0.2, 0.25) is 0 Å². The number of nitrogens with one attached hydrogen (secondary N) is 1. The number of ether oxygens (including phenoxy) is 1. The van der Waals surface area contributed by atoms with Crippen molar-refractivity contribution in [3.8, 4) is 5.75 Å². The van der Waals surface area contributed by atoms with Gasteiger partial charge >= 0.3 is 5.97 Å². The van der Waals surface area contributed by atoms with Gasteiger partial charge in [0.15, 0.2) is 5.82 Å². The van der Waals surface area contributed by atoms with E-state index >= 15 is 0 Å². The number of rotatable bonds is 6. The summed E-state index contributed by atoms with van der Waals surface area (Å²) in [6.07, 6.45) is 1.40. The van der Waals surface area contributed by atoms with E-state index in [0.29, 0.717) is 11.3 Å². The second-order valence-corrected chi connectivity index (χ2v) is 5.97. The third-order valence-electron chi connectivity index (χ3n) is 2.73. The summed E-state index contributed by atoms with van der Waals surface area (Å²) >= 11 is 3.35. The molecule has 1 aromatic carbocycles. The van der Waals surface area contributed by atoms with E-state index in [2.05, 4.69) is 26.3 Å². The third-order valence-corrected chi connectivity index (χ3v) is 3.22. The fraction of sp³-hybridized carbons (Fsp3) is 0.267. The molecule has 0 aliphatic rings. The van der Waals surface area contributed by atoms with Crippen LogP contribution >= 0.6 is 15.9 Å². The molecule has 122 valence electrons. The highest BCUT2D eigenvalue weighted by Crippen LogP contribution is 2.25. The van der Waals surface area contributed by atoms with E-state index in [9.17, 15) is 9.59 Å². The number of hydrogen-bond acceptors (Lipinski definition) is 4. The first-order valence-electron chi connectivity index (χ1n) is 6.88. The molecule has 23 heavy (non-hydrogen) atoms. The van der Waals surface area contributed by atoms with Gasteiger partial charge in [0.2, 0.25) is 0 Å². The first-order chi connectivity index (χ1) is 10.8. The van der Waals surface area contributed by atoms with Gasteiger partial charge in [0.1, 0.15) is 12.3 Å². The maximum absolute atomic E-state index is 12.4. The van der Waals surface area contributed by atoms with Crippen LogP contribution in [-0.2, 0) is 11.3 Å². The number of carboxylic acids is 1. The number of aromatic nitrogens is 2. The Balaban J connectivity index is 2.17. The highest BCUT2D eigenvalue weighted by atomic mass is 79.9. The molecular weight excluding hydrogens is 366 g/mol. The summed E-state index contributed by atoms with van der Waals surface area (Å²) in [5.74, 6) is -0.660. The molecule has 1 aromatic heterocycles. The van der Waals surface area contributed by atoms with Crippen molar-refractivity contribution in [3.63, 3.8) is 0 Å². The first kappa shape index (κ1) is 17.0. The molecule has 0 unspecified atom stereocenters. The highest BCUT2D eigenvalue weighted by molar-refractivity contribution is 9.10. The van der Waals surface area contributed by atoms with Crippen LogP contribution in [-0.4, -0.2) is 32.9 Å². The fourth-order valence-electron chi connectivity index (χ4n) is 1.87. The van der Waals surface area contributed by atoms with Crippen LogP contribution in [0.15, 0.2) is 34.9 Å². The Morgan fingerprint density at radius 1 is 1.39 bits per heavy atom. The summed E-state index contributed by atoms with van der Waals surface area (Å²) in [6.45, 7) is 3.47. The van der Waals surface area contributed by atoms with E-state index in [4.69, 9.17) is 9.84 Å². The number of benzene rings is 1. The quantitative estimate of drug-likeness (QED) is 0.802. The van der Waals surface area contributed by atoms with Crippen LogP contribution in [0.5, 0.6) is 5.75 Å². The molecule has 0 saturated heterocycles. The summed E-state index contributed by atoms with van der Waals surface area (Å²) in [6, 6.07) is 6.64. The minimum Gasteiger partial charge on any atom is -0.490 e. The number of aliphatic carboxylic acids is 1. The number of carboxylic acid groups (broad SMARTS) is 1. The predicted molar refractivity (Wildman–Crippen MR) is 87.7 cm³/mol. The summed E-state index contributed by atoms with van der Waals surface area (Å²) < 4.78 is 7.68. The van der Waals surface area contributed by atoms with Crippen LogP contribution in [0.4, 0.5) is 5.82 Å². The Morgan fingerprint density at radius 2 is 2.13 bits per heavy atom. The van der Waals surface area contributed by atoms with Crippen LogP contribution in [0, 0.1) is 0 Å². The van der Waals surface area contributed by atoms with Crippen molar-refractivity contribution in [3.05, 3.63) is 40.5 Å². The van der Waals surface area contributed by atoms with Gasteiger partial charge in [0.05, 0.1) is 11.7 Å². The number of carbonyl (C=O) groups is 2. The van der Waals surface area contributed by atoms with Crippen LogP contribution < -0.4 is 10.1 Å². The number of carbonyl (C=O) groups excluding carboxylic acids is 1. The lowest BCUT2D eigenvalue weighted by Gasteiger charge is -2.14. The fourth-order valence-corrected chi connectivity index (χ4v) is 2.21. The number of nitrogens with zero attached hydrogens (tertiary/aromatic N) is 2. The Morgan fingerprint density at radius 3 is 2.78 bits per heavy atom. The summed E-state index contributed by atoms with van der Waals surface area (Å²) in [5.41, 5.74) is 0.370. The van der Waals surface area contributed by atoms with Crippen molar-refractivity contribution in [1.82, 2.24) is 9.78 Å². The van der Waals surface area contributed by atoms with Gasteiger partial charge in [0.25, 0.3) is 5.91 Å². The molecule has 8 heteroatoms. The molecule has 2 aromatic rings. The van der Waals surface area contributed by atoms with E-state index < -0.39 is 5.97 Å². The molecular formula is C15H16BrN3O4. The van der Waals surface area contributed by atoms with Crippen LogP contribution in [0.1, 0.15) is 24.2 Å². The largest absolute Gasteiger partial charge is 0.490 e. The van der Waals surface area contributed by atoms with Crippen molar-refractivity contribution < 1.29 is 19.4 Å². The average molecular weight is 382 g/mol. The maximum Gasteiger partial charge on any atom is 0.325 e. The Hall–Kier alpha value is -2.35. The molecule has 0 bridgehead atoms. The van der Waals surface area contributed by atoms with Crippen molar-refractivity contribution >= 4 is 33.6 Å². The zero-order chi connectivity index (χ0) is 17.0. The highest BCUT2D eigenvalue weighted by Gasteiger charge is 2.15. The van der Waals surface area contributed by atoms with Crippen molar-refractivity contribution in [2.45, 2.75) is 26.5 Å². The molecule has 2 rings (SSSR count). The summed E-state index contributed by atoms with van der Waals surface area (Å²) in [7, 11) is 0. The Labute approximate surface area is 141 Å².